The molecule has 3 rings (SSSR count). The van der Waals surface area contributed by atoms with E-state index in [1.165, 1.54) is 12.5 Å². The van der Waals surface area contributed by atoms with E-state index in [2.05, 4.69) is 46.6 Å². The van der Waals surface area contributed by atoms with Crippen LogP contribution < -0.4 is 10.2 Å². The first-order valence-electron chi connectivity index (χ1n) is 9.77. The Morgan fingerprint density at radius 2 is 1.55 bits per heavy atom. The van der Waals surface area contributed by atoms with Crippen molar-refractivity contribution < 1.29 is 19.8 Å². The van der Waals surface area contributed by atoms with Gasteiger partial charge in [-0.05, 0) is 30.2 Å². The van der Waals surface area contributed by atoms with Crippen molar-refractivity contribution in [3.63, 3.8) is 0 Å². The van der Waals surface area contributed by atoms with Gasteiger partial charge in [0.1, 0.15) is 12.6 Å². The van der Waals surface area contributed by atoms with Crippen LogP contribution in [0.3, 0.4) is 0 Å². The summed E-state index contributed by atoms with van der Waals surface area (Å²) in [6.45, 7) is 3.05. The van der Waals surface area contributed by atoms with E-state index < -0.39 is 30.6 Å². The molecular weight excluding hydrogens is 370 g/mol. The van der Waals surface area contributed by atoms with Crippen molar-refractivity contribution in [2.75, 3.05) is 37.7 Å². The molecule has 1 aliphatic rings. The molecule has 0 bridgehead atoms. The molecule has 3 N–H and O–H groups in total. The van der Waals surface area contributed by atoms with Gasteiger partial charge >= 0.3 is 6.03 Å². The number of nitrogens with zero attached hydrogens (tertiary/aromatic N) is 2. The Bertz CT molecular complexity index is 816. The molecule has 1 aliphatic heterocycles. The highest BCUT2D eigenvalue weighted by atomic mass is 16.3. The molecule has 0 aliphatic carbocycles. The van der Waals surface area contributed by atoms with Crippen LogP contribution in [-0.2, 0) is 4.79 Å². The molecular formula is C22H27N3O4. The summed E-state index contributed by atoms with van der Waals surface area (Å²) in [5.74, 6) is -0.606. The molecule has 2 amide bonds. The minimum atomic E-state index is -1.10. The second-order valence-corrected chi connectivity index (χ2v) is 7.18. The molecule has 29 heavy (non-hydrogen) atoms. The highest BCUT2D eigenvalue weighted by Gasteiger charge is 2.28. The first kappa shape index (κ1) is 20.8. The number of benzene rings is 2. The van der Waals surface area contributed by atoms with Gasteiger partial charge in [-0.1, -0.05) is 42.5 Å². The van der Waals surface area contributed by atoms with Gasteiger partial charge in [0, 0.05) is 31.9 Å². The van der Waals surface area contributed by atoms with Crippen molar-refractivity contribution >= 4 is 17.5 Å². The van der Waals surface area contributed by atoms with Gasteiger partial charge < -0.3 is 25.3 Å². The minimum Gasteiger partial charge on any atom is -0.391 e. The number of hydrogen-bond donors (Lipinski definition) is 3. The van der Waals surface area contributed by atoms with Gasteiger partial charge in [-0.15, -0.1) is 0 Å². The Kier molecular flexibility index (Phi) is 6.85. The fourth-order valence-corrected chi connectivity index (χ4v) is 3.46. The number of carbonyl (C=O) groups is 2. The number of Topliss-reactive ketones (excluding diaryl/α,β-unsaturated/α-hetero) is 1. The van der Waals surface area contributed by atoms with Gasteiger partial charge in [0.25, 0.3) is 0 Å². The summed E-state index contributed by atoms with van der Waals surface area (Å²) in [7, 11) is 0. The summed E-state index contributed by atoms with van der Waals surface area (Å²) in [6.07, 6.45) is -1.07. The highest BCUT2D eigenvalue weighted by molar-refractivity contribution is 5.89. The summed E-state index contributed by atoms with van der Waals surface area (Å²) in [4.78, 5) is 27.9. The van der Waals surface area contributed by atoms with E-state index in [0.717, 1.165) is 11.3 Å². The number of carbonyl (C=O) groups excluding carboxylic acids is 2. The number of hydrogen-bond acceptors (Lipinski definition) is 5. The number of anilines is 1. The number of aliphatic hydroxyl groups excluding tert-OH is 2. The Balaban J connectivity index is 1.56. The van der Waals surface area contributed by atoms with Crippen LogP contribution in [0, 0.1) is 0 Å². The Labute approximate surface area is 170 Å². The average Bonchev–Trinajstić information content (AvgIpc) is 2.77. The quantitative estimate of drug-likeness (QED) is 0.687. The lowest BCUT2D eigenvalue weighted by Gasteiger charge is -2.37. The Morgan fingerprint density at radius 3 is 2.10 bits per heavy atom. The molecule has 0 radical (unpaired) electrons. The topological polar surface area (TPSA) is 93.1 Å². The largest absolute Gasteiger partial charge is 0.391 e. The maximum atomic E-state index is 12.4. The van der Waals surface area contributed by atoms with Crippen LogP contribution in [0.15, 0.2) is 54.6 Å². The van der Waals surface area contributed by atoms with Gasteiger partial charge in [0.15, 0.2) is 5.78 Å². The van der Waals surface area contributed by atoms with Crippen LogP contribution in [0.25, 0.3) is 11.1 Å². The first-order valence-corrected chi connectivity index (χ1v) is 9.77. The van der Waals surface area contributed by atoms with Gasteiger partial charge in [-0.2, -0.15) is 0 Å². The number of rotatable bonds is 6. The highest BCUT2D eigenvalue weighted by Crippen LogP contribution is 2.23. The summed E-state index contributed by atoms with van der Waals surface area (Å²) < 4.78 is 0. The van der Waals surface area contributed by atoms with Gasteiger partial charge in [0.2, 0.25) is 0 Å². The summed E-state index contributed by atoms with van der Waals surface area (Å²) in [5.41, 5.74) is 3.43. The fraction of sp³-hybridized carbons (Fsp3) is 0.364. The van der Waals surface area contributed by atoms with E-state index in [4.69, 9.17) is 5.11 Å². The lowest BCUT2D eigenvalue weighted by Crippen LogP contribution is -2.57. The summed E-state index contributed by atoms with van der Waals surface area (Å²) in [6, 6.07) is 17.0. The fourth-order valence-electron chi connectivity index (χ4n) is 3.46. The van der Waals surface area contributed by atoms with E-state index >= 15 is 0 Å². The molecule has 0 unspecified atom stereocenters. The van der Waals surface area contributed by atoms with Crippen LogP contribution in [0.2, 0.25) is 0 Å². The van der Waals surface area contributed by atoms with E-state index in [9.17, 15) is 14.7 Å². The number of ketones is 1. The number of piperazine rings is 1. The maximum absolute atomic E-state index is 12.4. The molecule has 7 heteroatoms. The number of amides is 2. The molecule has 1 fully saturated rings. The molecule has 0 saturated carbocycles. The third kappa shape index (κ3) is 5.13. The molecule has 2 aromatic carbocycles. The van der Waals surface area contributed by atoms with E-state index in [0.29, 0.717) is 26.2 Å². The third-order valence-corrected chi connectivity index (χ3v) is 5.17. The first-order chi connectivity index (χ1) is 14.0. The lowest BCUT2D eigenvalue weighted by atomic mass is 10.1. The minimum absolute atomic E-state index is 0.406. The molecule has 0 aromatic heterocycles. The van der Waals surface area contributed by atoms with Crippen LogP contribution in [0.4, 0.5) is 10.5 Å². The smallest absolute Gasteiger partial charge is 0.318 e. The van der Waals surface area contributed by atoms with Crippen molar-refractivity contribution in [1.82, 2.24) is 10.2 Å². The van der Waals surface area contributed by atoms with Crippen molar-refractivity contribution in [3.8, 4) is 11.1 Å². The van der Waals surface area contributed by atoms with Crippen LogP contribution in [-0.4, -0.2) is 71.9 Å². The number of nitrogens with one attached hydrogen (secondary N) is 1. The molecule has 0 spiro atoms. The van der Waals surface area contributed by atoms with E-state index in [-0.39, 0.29) is 0 Å². The monoisotopic (exact) mass is 397 g/mol. The van der Waals surface area contributed by atoms with E-state index in [1.54, 1.807) is 4.90 Å². The molecule has 2 aromatic rings. The zero-order chi connectivity index (χ0) is 20.8. The number of urea groups is 1. The average molecular weight is 397 g/mol. The molecule has 1 saturated heterocycles. The normalized spacial score (nSPS) is 16.2. The van der Waals surface area contributed by atoms with E-state index in [1.807, 2.05) is 18.2 Å². The second-order valence-electron chi connectivity index (χ2n) is 7.18. The van der Waals surface area contributed by atoms with Gasteiger partial charge in [-0.25, -0.2) is 4.79 Å². The second kappa shape index (κ2) is 9.54. The standard InChI is InChI=1S/C22H27N3O4/c1-16(27)21(20(28)15-26)23-22(29)25-13-11-24(12-14-25)19-9-7-18(8-10-19)17-5-3-2-4-6-17/h2-10,16,21,26-27H,11-15H2,1H3,(H,23,29)/t16-,21-/m1/s1. The molecule has 154 valence electrons. The maximum Gasteiger partial charge on any atom is 0.318 e. The van der Waals surface area contributed by atoms with Gasteiger partial charge in [-0.3, -0.25) is 4.79 Å². The summed E-state index contributed by atoms with van der Waals surface area (Å²) in [5, 5.41) is 21.2. The van der Waals surface area contributed by atoms with Crippen molar-refractivity contribution in [2.24, 2.45) is 0 Å². The third-order valence-electron chi connectivity index (χ3n) is 5.17. The Morgan fingerprint density at radius 1 is 0.966 bits per heavy atom. The summed E-state index contributed by atoms with van der Waals surface area (Å²) >= 11 is 0. The lowest BCUT2D eigenvalue weighted by molar-refractivity contribution is -0.125. The van der Waals surface area contributed by atoms with Crippen molar-refractivity contribution in [1.29, 1.82) is 0 Å². The van der Waals surface area contributed by atoms with Crippen LogP contribution in [0.5, 0.6) is 0 Å². The molecule has 2 atom stereocenters. The zero-order valence-electron chi connectivity index (χ0n) is 16.5. The van der Waals surface area contributed by atoms with Crippen LogP contribution >= 0.6 is 0 Å². The van der Waals surface area contributed by atoms with Gasteiger partial charge in [0.05, 0.1) is 6.10 Å². The van der Waals surface area contributed by atoms with Crippen molar-refractivity contribution in [3.05, 3.63) is 54.6 Å². The predicted octanol–water partition coefficient (Wildman–Crippen LogP) is 1.50. The molecule has 7 nitrogen and oxygen atoms in total. The Hall–Kier alpha value is -2.90. The van der Waals surface area contributed by atoms with Crippen LogP contribution in [0.1, 0.15) is 6.92 Å². The molecule has 1 heterocycles. The predicted molar refractivity (Wildman–Crippen MR) is 112 cm³/mol. The zero-order valence-corrected chi connectivity index (χ0v) is 16.5. The van der Waals surface area contributed by atoms with Crippen molar-refractivity contribution in [2.45, 2.75) is 19.1 Å². The SMILES string of the molecule is C[C@@H](O)[C@@H](NC(=O)N1CCN(c2ccc(-c3ccccc3)cc2)CC1)C(=O)CO. The number of aliphatic hydroxyl groups is 2.